The number of aryl methyl sites for hydroxylation is 1. The Balaban J connectivity index is 3.39. The van der Waals surface area contributed by atoms with Gasteiger partial charge in [0.2, 0.25) is 0 Å². The van der Waals surface area contributed by atoms with E-state index < -0.39 is 12.9 Å². The number of hydrogen-bond donors (Lipinski definition) is 4. The van der Waals surface area contributed by atoms with Gasteiger partial charge in [-0.1, -0.05) is 45.4 Å². The Morgan fingerprint density at radius 3 is 2.38 bits per heavy atom. The lowest BCUT2D eigenvalue weighted by Crippen LogP contribution is -2.42. The van der Waals surface area contributed by atoms with Crippen LogP contribution in [0, 0.1) is 0 Å². The number of unbranched alkanes of at least 4 members (excludes halogenated alkanes) is 1. The van der Waals surface area contributed by atoms with Crippen molar-refractivity contribution >= 4 is 7.60 Å². The Morgan fingerprint density at radius 2 is 1.90 bits per heavy atom. The van der Waals surface area contributed by atoms with E-state index in [-0.39, 0.29) is 17.7 Å². The predicted molar refractivity (Wildman–Crippen MR) is 84.4 cm³/mol. The van der Waals surface area contributed by atoms with Crippen molar-refractivity contribution in [2.45, 2.75) is 51.7 Å². The molecule has 1 aromatic carbocycles. The normalized spacial score (nSPS) is 14.9. The molecule has 0 radical (unpaired) electrons. The molecular weight excluding hydrogens is 289 g/mol. The fraction of sp³-hybridized carbons (Fsp3) is 0.600. The smallest absolute Gasteiger partial charge is 0.350 e. The van der Waals surface area contributed by atoms with Crippen molar-refractivity contribution in [3.05, 3.63) is 29.3 Å². The predicted octanol–water partition coefficient (Wildman–Crippen LogP) is 3.08. The Hall–Kier alpha value is -0.870. The number of rotatable bonds is 8. The molecule has 1 atom stereocenters. The molecule has 0 fully saturated rings. The average molecular weight is 315 g/mol. The standard InChI is InChI=1S/C15H26NO4P/c1-4-7-11-16-15(6-3,21(18,19)20)13-10-8-9-12(5-2)14(13)17/h8-10,16-17H,4-7,11H2,1-3H3,(H2,18,19,20). The number of aromatic hydroxyl groups is 1. The summed E-state index contributed by atoms with van der Waals surface area (Å²) < 4.78 is 12.2. The molecule has 1 aromatic rings. The van der Waals surface area contributed by atoms with Crippen molar-refractivity contribution in [2.75, 3.05) is 6.54 Å². The lowest BCUT2D eigenvalue weighted by Gasteiger charge is -2.35. The first-order valence-corrected chi connectivity index (χ1v) is 9.07. The third-order valence-corrected chi connectivity index (χ3v) is 5.61. The van der Waals surface area contributed by atoms with Crippen LogP contribution in [0.3, 0.4) is 0 Å². The second-order valence-electron chi connectivity index (χ2n) is 5.21. The van der Waals surface area contributed by atoms with Gasteiger partial charge in [0.15, 0.2) is 0 Å². The van der Waals surface area contributed by atoms with E-state index in [1.54, 1.807) is 25.1 Å². The maximum absolute atomic E-state index is 12.2. The molecule has 0 aliphatic rings. The molecule has 0 saturated carbocycles. The second-order valence-corrected chi connectivity index (χ2v) is 7.06. The van der Waals surface area contributed by atoms with Crippen LogP contribution in [-0.4, -0.2) is 21.4 Å². The Labute approximate surface area is 126 Å². The van der Waals surface area contributed by atoms with E-state index >= 15 is 0 Å². The van der Waals surface area contributed by atoms with E-state index in [2.05, 4.69) is 5.32 Å². The number of nitrogens with one attached hydrogen (secondary N) is 1. The summed E-state index contributed by atoms with van der Waals surface area (Å²) in [7, 11) is -4.50. The van der Waals surface area contributed by atoms with Crippen LogP contribution in [-0.2, 0) is 16.3 Å². The first-order chi connectivity index (χ1) is 9.84. The highest BCUT2D eigenvalue weighted by Gasteiger charge is 2.48. The molecule has 0 heterocycles. The van der Waals surface area contributed by atoms with Gasteiger partial charge in [0.05, 0.1) is 0 Å². The highest BCUT2D eigenvalue weighted by Crippen LogP contribution is 2.59. The van der Waals surface area contributed by atoms with Gasteiger partial charge in [0.1, 0.15) is 11.0 Å². The minimum absolute atomic E-state index is 0.0193. The quantitative estimate of drug-likeness (QED) is 0.437. The lowest BCUT2D eigenvalue weighted by atomic mass is 9.98. The zero-order valence-electron chi connectivity index (χ0n) is 13.0. The van der Waals surface area contributed by atoms with E-state index in [0.29, 0.717) is 18.5 Å². The summed E-state index contributed by atoms with van der Waals surface area (Å²) >= 11 is 0. The molecule has 1 rings (SSSR count). The van der Waals surface area contributed by atoms with Gasteiger partial charge in [-0.25, -0.2) is 0 Å². The summed E-state index contributed by atoms with van der Waals surface area (Å²) in [5.41, 5.74) is 0.977. The summed E-state index contributed by atoms with van der Waals surface area (Å²) in [6, 6.07) is 5.09. The van der Waals surface area contributed by atoms with Crippen LogP contribution in [0.5, 0.6) is 5.75 Å². The molecule has 0 aliphatic carbocycles. The van der Waals surface area contributed by atoms with E-state index in [4.69, 9.17) is 0 Å². The van der Waals surface area contributed by atoms with Crippen molar-refractivity contribution < 1.29 is 19.5 Å². The maximum atomic E-state index is 12.2. The number of benzene rings is 1. The minimum atomic E-state index is -4.50. The Morgan fingerprint density at radius 1 is 1.24 bits per heavy atom. The van der Waals surface area contributed by atoms with Crippen LogP contribution in [0.25, 0.3) is 0 Å². The van der Waals surface area contributed by atoms with Gasteiger partial charge in [-0.05, 0) is 31.4 Å². The fourth-order valence-corrected chi connectivity index (χ4v) is 3.78. The van der Waals surface area contributed by atoms with Crippen LogP contribution in [0.2, 0.25) is 0 Å². The van der Waals surface area contributed by atoms with Crippen LogP contribution in [0.15, 0.2) is 18.2 Å². The second kappa shape index (κ2) is 7.41. The van der Waals surface area contributed by atoms with Crippen molar-refractivity contribution in [3.63, 3.8) is 0 Å². The molecule has 0 spiro atoms. The van der Waals surface area contributed by atoms with Crippen molar-refractivity contribution in [1.82, 2.24) is 5.32 Å². The fourth-order valence-electron chi connectivity index (χ4n) is 2.56. The van der Waals surface area contributed by atoms with E-state index in [1.807, 2.05) is 13.8 Å². The summed E-state index contributed by atoms with van der Waals surface area (Å²) in [5.74, 6) is -0.0193. The third kappa shape index (κ3) is 3.67. The molecule has 0 bridgehead atoms. The highest BCUT2D eigenvalue weighted by atomic mass is 31.2. The number of para-hydroxylation sites is 1. The topological polar surface area (TPSA) is 89.8 Å². The van der Waals surface area contributed by atoms with Gasteiger partial charge in [-0.3, -0.25) is 9.88 Å². The van der Waals surface area contributed by atoms with Crippen molar-refractivity contribution in [2.24, 2.45) is 0 Å². The van der Waals surface area contributed by atoms with Crippen LogP contribution in [0.4, 0.5) is 0 Å². The molecule has 6 heteroatoms. The molecule has 0 amide bonds. The molecule has 120 valence electrons. The van der Waals surface area contributed by atoms with Crippen molar-refractivity contribution in [1.29, 1.82) is 0 Å². The summed E-state index contributed by atoms with van der Waals surface area (Å²) in [5, 5.41) is 11.9. The maximum Gasteiger partial charge on any atom is 0.350 e. The molecule has 0 saturated heterocycles. The largest absolute Gasteiger partial charge is 0.507 e. The van der Waals surface area contributed by atoms with Gasteiger partial charge < -0.3 is 14.9 Å². The van der Waals surface area contributed by atoms with E-state index in [9.17, 15) is 19.5 Å². The molecule has 4 N–H and O–H groups in total. The van der Waals surface area contributed by atoms with Crippen molar-refractivity contribution in [3.8, 4) is 5.75 Å². The van der Waals surface area contributed by atoms with Gasteiger partial charge in [0, 0.05) is 5.56 Å². The average Bonchev–Trinajstić information content (AvgIpc) is 2.43. The first-order valence-electron chi connectivity index (χ1n) is 7.46. The molecule has 21 heavy (non-hydrogen) atoms. The van der Waals surface area contributed by atoms with Gasteiger partial charge in [-0.2, -0.15) is 0 Å². The first kappa shape index (κ1) is 18.2. The van der Waals surface area contributed by atoms with Crippen LogP contribution >= 0.6 is 7.60 Å². The molecular formula is C15H26NO4P. The van der Waals surface area contributed by atoms with Gasteiger partial charge >= 0.3 is 7.60 Å². The number of phenolic OH excluding ortho intramolecular Hbond substituents is 1. The lowest BCUT2D eigenvalue weighted by molar-refractivity contribution is 0.285. The summed E-state index contributed by atoms with van der Waals surface area (Å²) in [6.07, 6.45) is 2.54. The molecule has 5 nitrogen and oxygen atoms in total. The Kier molecular flexibility index (Phi) is 6.41. The minimum Gasteiger partial charge on any atom is -0.507 e. The zero-order chi connectivity index (χ0) is 16.1. The van der Waals surface area contributed by atoms with Gasteiger partial charge in [-0.15, -0.1) is 0 Å². The van der Waals surface area contributed by atoms with Gasteiger partial charge in [0.25, 0.3) is 0 Å². The Bertz CT molecular complexity index is 514. The number of phenols is 1. The SMILES string of the molecule is CCCCNC(CC)(c1cccc(CC)c1O)P(=O)(O)O. The highest BCUT2D eigenvalue weighted by molar-refractivity contribution is 7.53. The van der Waals surface area contributed by atoms with E-state index in [1.165, 1.54) is 0 Å². The molecule has 0 aromatic heterocycles. The zero-order valence-corrected chi connectivity index (χ0v) is 13.9. The van der Waals surface area contributed by atoms with Crippen LogP contribution < -0.4 is 5.32 Å². The monoisotopic (exact) mass is 315 g/mol. The summed E-state index contributed by atoms with van der Waals surface area (Å²) in [6.45, 7) is 6.12. The van der Waals surface area contributed by atoms with E-state index in [0.717, 1.165) is 12.8 Å². The number of hydrogen-bond acceptors (Lipinski definition) is 3. The molecule has 1 unspecified atom stereocenters. The van der Waals surface area contributed by atoms with Crippen LogP contribution in [0.1, 0.15) is 51.2 Å². The summed E-state index contributed by atoms with van der Waals surface area (Å²) in [4.78, 5) is 19.8. The third-order valence-electron chi connectivity index (χ3n) is 3.90. The molecule has 0 aliphatic heterocycles.